The highest BCUT2D eigenvalue weighted by Crippen LogP contribution is 2.33. The van der Waals surface area contributed by atoms with Crippen molar-refractivity contribution in [3.8, 4) is 0 Å². The van der Waals surface area contributed by atoms with Crippen LogP contribution in [0.1, 0.15) is 6.42 Å². The molecule has 0 amide bonds. The average molecular weight is 148 g/mol. The largest absolute Gasteiger partial charge is 0.393 e. The summed E-state index contributed by atoms with van der Waals surface area (Å²) in [5.74, 6) is -2.96. The summed E-state index contributed by atoms with van der Waals surface area (Å²) >= 11 is 0. The maximum atomic E-state index is 12.5. The topological polar surface area (TPSA) is 29.5 Å². The molecule has 10 heavy (non-hydrogen) atoms. The molecule has 2 atom stereocenters. The van der Waals surface area contributed by atoms with Crippen molar-refractivity contribution in [1.29, 1.82) is 0 Å². The Hall–Kier alpha value is -0.155. The van der Waals surface area contributed by atoms with Crippen LogP contribution in [0, 0.1) is 0 Å². The first-order valence-corrected chi connectivity index (χ1v) is 2.96. The second-order valence-electron chi connectivity index (χ2n) is 2.31. The van der Waals surface area contributed by atoms with Crippen molar-refractivity contribution in [3.05, 3.63) is 0 Å². The van der Waals surface area contributed by atoms with E-state index in [-0.39, 0.29) is 0 Å². The summed E-state index contributed by atoms with van der Waals surface area (Å²) in [6.07, 6.45) is -1.92. The molecule has 0 spiro atoms. The molecule has 0 aromatic heterocycles. The lowest BCUT2D eigenvalue weighted by atomic mass is 9.96. The Balaban J connectivity index is 2.58. The number of aliphatic hydroxyl groups excluding tert-OH is 1. The zero-order valence-corrected chi connectivity index (χ0v) is 5.26. The average Bonchev–Trinajstić information content (AvgIpc) is 2.04. The second kappa shape index (κ2) is 2.47. The van der Waals surface area contributed by atoms with Gasteiger partial charge in [-0.3, -0.25) is 0 Å². The van der Waals surface area contributed by atoms with E-state index in [9.17, 15) is 8.78 Å². The first kappa shape index (κ1) is 7.95. The number of halogens is 2. The summed E-state index contributed by atoms with van der Waals surface area (Å²) in [5, 5.41) is 8.36. The molecule has 0 aromatic rings. The van der Waals surface area contributed by atoms with Gasteiger partial charge in [-0.25, -0.2) is 8.78 Å². The van der Waals surface area contributed by atoms with Crippen molar-refractivity contribution in [2.24, 2.45) is 0 Å². The number of rotatable bonds is 1. The number of aliphatic hydroxyl groups is 1. The van der Waals surface area contributed by atoms with Gasteiger partial charge in [-0.15, -0.1) is 0 Å². The summed E-state index contributed by atoms with van der Waals surface area (Å²) in [7, 11) is 5.06. The van der Waals surface area contributed by atoms with Crippen molar-refractivity contribution >= 4 is 7.85 Å². The zero-order chi connectivity index (χ0) is 7.78. The minimum absolute atomic E-state index is 0.502. The van der Waals surface area contributed by atoms with Crippen LogP contribution >= 0.6 is 0 Å². The zero-order valence-electron chi connectivity index (χ0n) is 5.26. The number of hydrogen-bond donors (Lipinski definition) is 1. The molecule has 1 rings (SSSR count). The van der Waals surface area contributed by atoms with Crippen molar-refractivity contribution in [2.45, 2.75) is 24.5 Å². The third-order valence-corrected chi connectivity index (χ3v) is 1.45. The van der Waals surface area contributed by atoms with Crippen LogP contribution in [0.3, 0.4) is 0 Å². The van der Waals surface area contributed by atoms with Crippen LogP contribution in [-0.2, 0) is 4.74 Å². The first-order valence-electron chi connectivity index (χ1n) is 2.96. The van der Waals surface area contributed by atoms with Gasteiger partial charge in [-0.1, -0.05) is 0 Å². The molecule has 5 heteroatoms. The summed E-state index contributed by atoms with van der Waals surface area (Å²) < 4.78 is 29.5. The third-order valence-electron chi connectivity index (χ3n) is 1.45. The summed E-state index contributed by atoms with van der Waals surface area (Å²) in [6.45, 7) is -0.680. The van der Waals surface area contributed by atoms with Gasteiger partial charge in [0.25, 0.3) is 5.92 Å². The van der Waals surface area contributed by atoms with Crippen molar-refractivity contribution in [3.63, 3.8) is 0 Å². The number of alkyl halides is 2. The van der Waals surface area contributed by atoms with E-state index in [0.717, 1.165) is 0 Å². The maximum Gasteiger partial charge on any atom is 0.277 e. The summed E-state index contributed by atoms with van der Waals surface area (Å²) in [6, 6.07) is -0.938. The van der Waals surface area contributed by atoms with E-state index in [1.54, 1.807) is 0 Å². The molecule has 2 unspecified atom stereocenters. The molecular weight excluding hydrogens is 141 g/mol. The van der Waals surface area contributed by atoms with Gasteiger partial charge in [0.2, 0.25) is 0 Å². The van der Waals surface area contributed by atoms with Crippen molar-refractivity contribution < 1.29 is 18.6 Å². The molecule has 0 saturated carbocycles. The lowest BCUT2D eigenvalue weighted by Crippen LogP contribution is -2.31. The molecule has 0 aromatic carbocycles. The minimum Gasteiger partial charge on any atom is -0.393 e. The van der Waals surface area contributed by atoms with E-state index in [1.807, 2.05) is 0 Å². The van der Waals surface area contributed by atoms with Crippen LogP contribution in [0.4, 0.5) is 8.78 Å². The molecule has 1 heterocycles. The summed E-state index contributed by atoms with van der Waals surface area (Å²) in [5.41, 5.74) is 0. The van der Waals surface area contributed by atoms with E-state index < -0.39 is 31.1 Å². The molecule has 1 aliphatic heterocycles. The van der Waals surface area contributed by atoms with Crippen LogP contribution in [-0.4, -0.2) is 37.6 Å². The number of hydrogen-bond acceptors (Lipinski definition) is 2. The molecule has 2 nitrogen and oxygen atoms in total. The minimum atomic E-state index is -2.96. The van der Waals surface area contributed by atoms with Gasteiger partial charge in [0.05, 0.1) is 6.61 Å². The standard InChI is InChI=1S/C5H7BF2O2/c6-4-1-5(7,8)3(2-9)10-4/h3-4,9H,1-2H2. The van der Waals surface area contributed by atoms with Gasteiger partial charge in [-0.05, 0) is 0 Å². The van der Waals surface area contributed by atoms with Crippen molar-refractivity contribution in [1.82, 2.24) is 0 Å². The van der Waals surface area contributed by atoms with E-state index >= 15 is 0 Å². The highest BCUT2D eigenvalue weighted by molar-refractivity contribution is 6.11. The predicted molar refractivity (Wildman–Crippen MR) is 31.1 cm³/mol. The fourth-order valence-corrected chi connectivity index (χ4v) is 0.935. The predicted octanol–water partition coefficient (Wildman–Crippen LogP) is -0.102. The van der Waals surface area contributed by atoms with E-state index in [0.29, 0.717) is 0 Å². The van der Waals surface area contributed by atoms with Crippen LogP contribution < -0.4 is 0 Å². The number of ether oxygens (including phenoxy) is 1. The summed E-state index contributed by atoms with van der Waals surface area (Å²) in [4.78, 5) is 0. The normalized spacial score (nSPS) is 38.3. The van der Waals surface area contributed by atoms with E-state index in [4.69, 9.17) is 13.0 Å². The molecule has 1 N–H and O–H groups in total. The van der Waals surface area contributed by atoms with Gasteiger partial charge < -0.3 is 9.84 Å². The Bertz CT molecular complexity index is 131. The Morgan fingerprint density at radius 3 is 2.50 bits per heavy atom. The van der Waals surface area contributed by atoms with Crippen LogP contribution in [0.5, 0.6) is 0 Å². The maximum absolute atomic E-state index is 12.5. The molecule has 2 radical (unpaired) electrons. The molecule has 0 aliphatic carbocycles. The highest BCUT2D eigenvalue weighted by atomic mass is 19.3. The first-order chi connectivity index (χ1) is 4.56. The molecule has 0 bridgehead atoms. The second-order valence-corrected chi connectivity index (χ2v) is 2.31. The highest BCUT2D eigenvalue weighted by Gasteiger charge is 2.47. The lowest BCUT2D eigenvalue weighted by molar-refractivity contribution is -0.0899. The molecule has 1 saturated heterocycles. The molecule has 1 fully saturated rings. The quantitative estimate of drug-likeness (QED) is 0.526. The van der Waals surface area contributed by atoms with Gasteiger partial charge >= 0.3 is 0 Å². The fourth-order valence-electron chi connectivity index (χ4n) is 0.935. The van der Waals surface area contributed by atoms with Crippen LogP contribution in [0.2, 0.25) is 0 Å². The van der Waals surface area contributed by atoms with E-state index in [1.165, 1.54) is 0 Å². The molecule has 56 valence electrons. The smallest absolute Gasteiger partial charge is 0.277 e. The third kappa shape index (κ3) is 1.30. The van der Waals surface area contributed by atoms with E-state index in [2.05, 4.69) is 4.74 Å². The molecular formula is C5H7BF2O2. The van der Waals surface area contributed by atoms with Crippen molar-refractivity contribution in [2.75, 3.05) is 6.61 Å². The Morgan fingerprint density at radius 1 is 1.70 bits per heavy atom. The van der Waals surface area contributed by atoms with Gasteiger partial charge in [-0.2, -0.15) is 0 Å². The van der Waals surface area contributed by atoms with Crippen LogP contribution in [0.25, 0.3) is 0 Å². The SMILES string of the molecule is [B]C1CC(F)(F)C(CO)O1. The molecule has 1 aliphatic rings. The Labute approximate surface area is 58.6 Å². The van der Waals surface area contributed by atoms with Crippen LogP contribution in [0.15, 0.2) is 0 Å². The lowest BCUT2D eigenvalue weighted by Gasteiger charge is -2.13. The van der Waals surface area contributed by atoms with Gasteiger partial charge in [0.15, 0.2) is 0 Å². The Morgan fingerprint density at radius 2 is 2.30 bits per heavy atom. The monoisotopic (exact) mass is 148 g/mol. The van der Waals surface area contributed by atoms with Gasteiger partial charge in [0.1, 0.15) is 14.0 Å². The van der Waals surface area contributed by atoms with Gasteiger partial charge in [0, 0.05) is 12.4 Å². The fraction of sp³-hybridized carbons (Fsp3) is 1.00. The Kier molecular flexibility index (Phi) is 1.96.